The first kappa shape index (κ1) is 15.0. The molecule has 0 aliphatic rings. The first-order valence-electron chi connectivity index (χ1n) is 8.08. The van der Waals surface area contributed by atoms with Gasteiger partial charge in [-0.05, 0) is 35.9 Å². The molecule has 2 aromatic carbocycles. The van der Waals surface area contributed by atoms with Gasteiger partial charge < -0.3 is 4.74 Å². The summed E-state index contributed by atoms with van der Waals surface area (Å²) in [4.78, 5) is 23.0. The van der Waals surface area contributed by atoms with E-state index in [1.54, 1.807) is 17.7 Å². The summed E-state index contributed by atoms with van der Waals surface area (Å²) in [5.41, 5.74) is 3.19. The molecule has 5 aromatic rings. The monoisotopic (exact) mass is 359 g/mol. The Hall–Kier alpha value is -3.25. The summed E-state index contributed by atoms with van der Waals surface area (Å²) in [7, 11) is 1.63. The number of ether oxygens (including phenoxy) is 1. The maximum Gasteiger partial charge on any atom is 0.268 e. The number of methoxy groups -OCH3 is 1. The van der Waals surface area contributed by atoms with E-state index in [0.717, 1.165) is 27.9 Å². The van der Waals surface area contributed by atoms with Crippen LogP contribution in [0.5, 0.6) is 5.75 Å². The molecule has 5 rings (SSSR count). The van der Waals surface area contributed by atoms with Crippen molar-refractivity contribution < 1.29 is 4.74 Å². The molecule has 0 saturated carbocycles. The van der Waals surface area contributed by atoms with Crippen molar-refractivity contribution in [3.05, 3.63) is 70.5 Å². The molecule has 0 unspecified atom stereocenters. The largest absolute Gasteiger partial charge is 0.497 e. The lowest BCUT2D eigenvalue weighted by molar-refractivity contribution is 0.415. The second kappa shape index (κ2) is 5.64. The van der Waals surface area contributed by atoms with Crippen LogP contribution in [0.15, 0.2) is 64.9 Å². The summed E-state index contributed by atoms with van der Waals surface area (Å²) in [6.45, 7) is 0. The third-order valence-electron chi connectivity index (χ3n) is 4.48. The summed E-state index contributed by atoms with van der Waals surface area (Å²) >= 11 is 1.46. The molecule has 0 saturated heterocycles. The van der Waals surface area contributed by atoms with Crippen LogP contribution in [0.2, 0.25) is 0 Å². The van der Waals surface area contributed by atoms with Crippen LogP contribution in [0.3, 0.4) is 0 Å². The van der Waals surface area contributed by atoms with Crippen molar-refractivity contribution in [3.8, 4) is 17.0 Å². The molecule has 0 spiro atoms. The Labute approximate surface area is 152 Å². The van der Waals surface area contributed by atoms with Gasteiger partial charge in [-0.3, -0.25) is 14.2 Å². The van der Waals surface area contributed by atoms with Crippen molar-refractivity contribution in [1.29, 1.82) is 0 Å². The fourth-order valence-corrected chi connectivity index (χ4v) is 4.06. The predicted molar refractivity (Wildman–Crippen MR) is 104 cm³/mol. The van der Waals surface area contributed by atoms with Gasteiger partial charge in [0.05, 0.1) is 29.2 Å². The van der Waals surface area contributed by atoms with E-state index in [0.29, 0.717) is 15.9 Å². The average molecular weight is 359 g/mol. The number of para-hydroxylation sites is 1. The molecule has 6 heteroatoms. The number of fused-ring (bicyclic) bond motifs is 4. The van der Waals surface area contributed by atoms with Crippen molar-refractivity contribution >= 4 is 38.1 Å². The summed E-state index contributed by atoms with van der Waals surface area (Å²) in [6, 6.07) is 15.4. The Morgan fingerprint density at radius 3 is 2.65 bits per heavy atom. The van der Waals surface area contributed by atoms with Gasteiger partial charge in [-0.15, -0.1) is 11.3 Å². The molecule has 0 amide bonds. The van der Waals surface area contributed by atoms with Crippen molar-refractivity contribution in [2.75, 3.05) is 7.11 Å². The Morgan fingerprint density at radius 1 is 1.04 bits per heavy atom. The van der Waals surface area contributed by atoms with Gasteiger partial charge in [0.15, 0.2) is 4.96 Å². The Morgan fingerprint density at radius 2 is 1.85 bits per heavy atom. The zero-order chi connectivity index (χ0) is 17.7. The third kappa shape index (κ3) is 2.12. The Balaban J connectivity index is 1.84. The summed E-state index contributed by atoms with van der Waals surface area (Å²) in [5, 5.41) is 3.37. The molecule has 5 nitrogen and oxygen atoms in total. The number of aromatic nitrogens is 3. The fraction of sp³-hybridized carbons (Fsp3) is 0.0500. The third-order valence-corrected chi connectivity index (χ3v) is 5.31. The van der Waals surface area contributed by atoms with Crippen LogP contribution in [0.25, 0.3) is 38.0 Å². The second-order valence-corrected chi connectivity index (χ2v) is 6.76. The molecule has 3 aromatic heterocycles. The standard InChI is InChI=1S/C20H13N3O2S/c1-25-13-8-6-12(7-9-13)17-11-26-20-22-18-14-4-2-3-5-16(14)21-10-15(18)19(24)23(17)20/h2-11H,1H3. The van der Waals surface area contributed by atoms with Crippen molar-refractivity contribution in [3.63, 3.8) is 0 Å². The summed E-state index contributed by atoms with van der Waals surface area (Å²) in [5.74, 6) is 0.778. The highest BCUT2D eigenvalue weighted by Crippen LogP contribution is 2.28. The van der Waals surface area contributed by atoms with Gasteiger partial charge in [-0.25, -0.2) is 4.98 Å². The number of hydrogen-bond donors (Lipinski definition) is 0. The molecule has 126 valence electrons. The van der Waals surface area contributed by atoms with E-state index in [9.17, 15) is 4.79 Å². The zero-order valence-electron chi connectivity index (χ0n) is 13.8. The van der Waals surface area contributed by atoms with Gasteiger partial charge in [0.2, 0.25) is 0 Å². The summed E-state index contributed by atoms with van der Waals surface area (Å²) in [6.07, 6.45) is 1.62. The van der Waals surface area contributed by atoms with E-state index in [4.69, 9.17) is 9.72 Å². The number of nitrogens with zero attached hydrogens (tertiary/aromatic N) is 3. The normalized spacial score (nSPS) is 11.4. The van der Waals surface area contributed by atoms with E-state index in [1.807, 2.05) is 53.9 Å². The minimum atomic E-state index is -0.102. The van der Waals surface area contributed by atoms with Crippen LogP contribution in [0.4, 0.5) is 0 Å². The van der Waals surface area contributed by atoms with Crippen LogP contribution in [0, 0.1) is 0 Å². The van der Waals surface area contributed by atoms with E-state index in [2.05, 4.69) is 4.98 Å². The maximum atomic E-state index is 13.2. The van der Waals surface area contributed by atoms with Gasteiger partial charge in [0, 0.05) is 17.0 Å². The van der Waals surface area contributed by atoms with Crippen molar-refractivity contribution in [2.45, 2.75) is 0 Å². The lowest BCUT2D eigenvalue weighted by Crippen LogP contribution is -2.15. The number of thiazole rings is 1. The molecule has 0 fully saturated rings. The van der Waals surface area contributed by atoms with E-state index in [1.165, 1.54) is 11.3 Å². The molecule has 26 heavy (non-hydrogen) atoms. The molecule has 0 aliphatic heterocycles. The van der Waals surface area contributed by atoms with Crippen LogP contribution >= 0.6 is 11.3 Å². The smallest absolute Gasteiger partial charge is 0.268 e. The first-order valence-corrected chi connectivity index (χ1v) is 8.96. The van der Waals surface area contributed by atoms with E-state index < -0.39 is 0 Å². The van der Waals surface area contributed by atoms with Gasteiger partial charge in [0.1, 0.15) is 5.75 Å². The highest BCUT2D eigenvalue weighted by molar-refractivity contribution is 7.15. The second-order valence-electron chi connectivity index (χ2n) is 5.92. The van der Waals surface area contributed by atoms with Gasteiger partial charge in [-0.1, -0.05) is 18.2 Å². The quantitative estimate of drug-likeness (QED) is 0.445. The van der Waals surface area contributed by atoms with E-state index in [-0.39, 0.29) is 5.56 Å². The number of hydrogen-bond acceptors (Lipinski definition) is 5. The molecule has 0 atom stereocenters. The molecular formula is C20H13N3O2S. The lowest BCUT2D eigenvalue weighted by atomic mass is 10.1. The number of rotatable bonds is 2. The zero-order valence-corrected chi connectivity index (χ0v) is 14.7. The Bertz CT molecular complexity index is 1340. The molecule has 0 N–H and O–H groups in total. The summed E-state index contributed by atoms with van der Waals surface area (Å²) < 4.78 is 6.87. The van der Waals surface area contributed by atoms with Crippen LogP contribution in [-0.2, 0) is 0 Å². The minimum absolute atomic E-state index is 0.102. The molecular weight excluding hydrogens is 346 g/mol. The maximum absolute atomic E-state index is 13.2. The fourth-order valence-electron chi connectivity index (χ4n) is 3.17. The van der Waals surface area contributed by atoms with Crippen LogP contribution < -0.4 is 10.3 Å². The highest BCUT2D eigenvalue weighted by Gasteiger charge is 2.14. The van der Waals surface area contributed by atoms with Crippen molar-refractivity contribution in [1.82, 2.24) is 14.4 Å². The van der Waals surface area contributed by atoms with Gasteiger partial charge >= 0.3 is 0 Å². The highest BCUT2D eigenvalue weighted by atomic mass is 32.1. The number of benzene rings is 2. The lowest BCUT2D eigenvalue weighted by Gasteiger charge is -2.06. The molecule has 0 radical (unpaired) electrons. The van der Waals surface area contributed by atoms with Gasteiger partial charge in [-0.2, -0.15) is 0 Å². The molecule has 0 aliphatic carbocycles. The van der Waals surface area contributed by atoms with Crippen LogP contribution in [0.1, 0.15) is 0 Å². The predicted octanol–water partition coefficient (Wildman–Crippen LogP) is 4.13. The number of pyridine rings is 1. The first-order chi connectivity index (χ1) is 12.8. The minimum Gasteiger partial charge on any atom is -0.497 e. The topological polar surface area (TPSA) is 56.5 Å². The Kier molecular flexibility index (Phi) is 3.26. The molecule has 0 bridgehead atoms. The van der Waals surface area contributed by atoms with Gasteiger partial charge in [0.25, 0.3) is 5.56 Å². The van der Waals surface area contributed by atoms with E-state index >= 15 is 0 Å². The SMILES string of the molecule is COc1ccc(-c2csc3nc4c(cnc5ccccc54)c(=O)n23)cc1. The van der Waals surface area contributed by atoms with Crippen LogP contribution in [-0.4, -0.2) is 21.5 Å². The van der Waals surface area contributed by atoms with Crippen molar-refractivity contribution in [2.24, 2.45) is 0 Å². The molecule has 3 heterocycles. The average Bonchev–Trinajstić information content (AvgIpc) is 3.12.